The normalized spacial score (nSPS) is 11.1. The third kappa shape index (κ3) is 3.21. The van der Waals surface area contributed by atoms with Crippen LogP contribution in [0.1, 0.15) is 26.3 Å². The summed E-state index contributed by atoms with van der Waals surface area (Å²) in [5.74, 6) is 0.315. The monoisotopic (exact) mass is 194 g/mol. The molecule has 0 aliphatic carbocycles. The first-order valence-electron chi connectivity index (χ1n) is 4.52. The molecule has 14 heavy (non-hydrogen) atoms. The molecule has 1 aromatic carbocycles. The molecule has 0 unspecified atom stereocenters. The Labute approximate surface area is 84.2 Å². The topological polar surface area (TPSA) is 9.23 Å². The van der Waals surface area contributed by atoms with E-state index in [-0.39, 0.29) is 5.60 Å². The zero-order valence-corrected chi connectivity index (χ0v) is 8.80. The van der Waals surface area contributed by atoms with Gasteiger partial charge < -0.3 is 4.74 Å². The Morgan fingerprint density at radius 2 is 1.71 bits per heavy atom. The molecule has 0 N–H and O–H groups in total. The van der Waals surface area contributed by atoms with E-state index in [0.29, 0.717) is 5.56 Å². The van der Waals surface area contributed by atoms with E-state index in [1.54, 1.807) is 24.3 Å². The van der Waals surface area contributed by atoms with Gasteiger partial charge in [0.25, 0.3) is 0 Å². The van der Waals surface area contributed by atoms with Gasteiger partial charge in [-0.05, 0) is 45.0 Å². The summed E-state index contributed by atoms with van der Waals surface area (Å²) in [6.45, 7) is 9.12. The van der Waals surface area contributed by atoms with Gasteiger partial charge in [0.2, 0.25) is 0 Å². The maximum atomic E-state index is 12.7. The largest absolute Gasteiger partial charge is 0.488 e. The van der Waals surface area contributed by atoms with Crippen LogP contribution in [0.25, 0.3) is 5.83 Å². The Balaban J connectivity index is 2.79. The summed E-state index contributed by atoms with van der Waals surface area (Å²) in [6.07, 6.45) is 0. The maximum Gasteiger partial charge on any atom is 0.123 e. The van der Waals surface area contributed by atoms with E-state index in [2.05, 4.69) is 6.58 Å². The smallest absolute Gasteiger partial charge is 0.123 e. The van der Waals surface area contributed by atoms with Crippen LogP contribution in [0.2, 0.25) is 0 Å². The average Bonchev–Trinajstić information content (AvgIpc) is 2.02. The molecule has 0 bridgehead atoms. The third-order valence-electron chi connectivity index (χ3n) is 1.59. The number of ether oxygens (including phenoxy) is 1. The number of rotatable bonds is 2. The van der Waals surface area contributed by atoms with Crippen molar-refractivity contribution >= 4 is 5.83 Å². The Morgan fingerprint density at radius 1 is 1.21 bits per heavy atom. The van der Waals surface area contributed by atoms with Gasteiger partial charge in [-0.25, -0.2) is 4.39 Å². The molecule has 0 fully saturated rings. The van der Waals surface area contributed by atoms with Crippen LogP contribution in [0.15, 0.2) is 30.8 Å². The predicted molar refractivity (Wildman–Crippen MR) is 57.0 cm³/mol. The van der Waals surface area contributed by atoms with Crippen LogP contribution in [0.3, 0.4) is 0 Å². The second kappa shape index (κ2) is 3.82. The van der Waals surface area contributed by atoms with Crippen molar-refractivity contribution in [3.05, 3.63) is 36.4 Å². The fraction of sp³-hybridized carbons (Fsp3) is 0.333. The lowest BCUT2D eigenvalue weighted by molar-refractivity contribution is 0.131. The molecule has 0 heterocycles. The quantitative estimate of drug-likeness (QED) is 0.695. The van der Waals surface area contributed by atoms with Gasteiger partial charge >= 0.3 is 0 Å². The summed E-state index contributed by atoms with van der Waals surface area (Å²) in [7, 11) is 0. The molecule has 0 aliphatic heterocycles. The highest BCUT2D eigenvalue weighted by Crippen LogP contribution is 2.21. The van der Waals surface area contributed by atoms with Crippen LogP contribution in [-0.4, -0.2) is 5.60 Å². The standard InChI is InChI=1S/C12H15FO/c1-9(13)10-5-7-11(8-6-10)14-12(2,3)4/h5-8H,1H2,2-4H3. The Bertz CT molecular complexity index is 319. The molecule has 0 amide bonds. The third-order valence-corrected chi connectivity index (χ3v) is 1.59. The van der Waals surface area contributed by atoms with E-state index in [1.807, 2.05) is 20.8 Å². The minimum atomic E-state index is -0.424. The van der Waals surface area contributed by atoms with E-state index in [1.165, 1.54) is 0 Å². The predicted octanol–water partition coefficient (Wildman–Crippen LogP) is 3.80. The molecule has 1 aromatic rings. The Hall–Kier alpha value is -1.31. The van der Waals surface area contributed by atoms with Gasteiger partial charge in [0, 0.05) is 5.56 Å². The molecule has 1 rings (SSSR count). The van der Waals surface area contributed by atoms with Crippen molar-refractivity contribution in [2.75, 3.05) is 0 Å². The molecule has 76 valence electrons. The van der Waals surface area contributed by atoms with Crippen molar-refractivity contribution in [3.63, 3.8) is 0 Å². The average molecular weight is 194 g/mol. The van der Waals surface area contributed by atoms with Gasteiger partial charge in [0.1, 0.15) is 17.2 Å². The first-order chi connectivity index (χ1) is 6.38. The summed E-state index contributed by atoms with van der Waals surface area (Å²) < 4.78 is 18.3. The molecule has 0 saturated carbocycles. The fourth-order valence-electron chi connectivity index (χ4n) is 1.06. The molecular weight excluding hydrogens is 179 g/mol. The molecule has 0 aliphatic rings. The highest BCUT2D eigenvalue weighted by Gasteiger charge is 2.11. The number of hydrogen-bond acceptors (Lipinski definition) is 1. The van der Waals surface area contributed by atoms with Gasteiger partial charge in [0.15, 0.2) is 0 Å². The van der Waals surface area contributed by atoms with Crippen LogP contribution in [0, 0.1) is 0 Å². The van der Waals surface area contributed by atoms with Gasteiger partial charge in [-0.2, -0.15) is 0 Å². The van der Waals surface area contributed by atoms with Crippen LogP contribution in [0.5, 0.6) is 5.75 Å². The maximum absolute atomic E-state index is 12.7. The zero-order valence-electron chi connectivity index (χ0n) is 8.80. The molecule has 0 atom stereocenters. The molecule has 2 heteroatoms. The van der Waals surface area contributed by atoms with Crippen LogP contribution < -0.4 is 4.74 Å². The lowest BCUT2D eigenvalue weighted by Gasteiger charge is -2.21. The fourth-order valence-corrected chi connectivity index (χ4v) is 1.06. The van der Waals surface area contributed by atoms with Gasteiger partial charge in [-0.15, -0.1) is 0 Å². The van der Waals surface area contributed by atoms with E-state index >= 15 is 0 Å². The summed E-state index contributed by atoms with van der Waals surface area (Å²) >= 11 is 0. The Morgan fingerprint density at radius 3 is 2.07 bits per heavy atom. The molecule has 0 spiro atoms. The van der Waals surface area contributed by atoms with Crippen molar-refractivity contribution < 1.29 is 9.13 Å². The van der Waals surface area contributed by atoms with Crippen LogP contribution in [-0.2, 0) is 0 Å². The lowest BCUT2D eigenvalue weighted by atomic mass is 10.1. The number of hydrogen-bond donors (Lipinski definition) is 0. The summed E-state index contributed by atoms with van der Waals surface area (Å²) in [6, 6.07) is 6.80. The first kappa shape index (κ1) is 10.8. The highest BCUT2D eigenvalue weighted by atomic mass is 19.1. The summed E-state index contributed by atoms with van der Waals surface area (Å²) in [5, 5.41) is 0. The molecular formula is C12H15FO. The molecule has 0 aromatic heterocycles. The summed E-state index contributed by atoms with van der Waals surface area (Å²) in [4.78, 5) is 0. The molecule has 0 saturated heterocycles. The van der Waals surface area contributed by atoms with E-state index < -0.39 is 5.83 Å². The number of benzene rings is 1. The molecule has 0 radical (unpaired) electrons. The Kier molecular flexibility index (Phi) is 2.94. The zero-order chi connectivity index (χ0) is 10.8. The van der Waals surface area contributed by atoms with Crippen molar-refractivity contribution in [1.29, 1.82) is 0 Å². The van der Waals surface area contributed by atoms with Crippen molar-refractivity contribution in [3.8, 4) is 5.75 Å². The van der Waals surface area contributed by atoms with Crippen LogP contribution in [0.4, 0.5) is 4.39 Å². The minimum Gasteiger partial charge on any atom is -0.488 e. The van der Waals surface area contributed by atoms with E-state index in [0.717, 1.165) is 5.75 Å². The number of halogens is 1. The van der Waals surface area contributed by atoms with Crippen molar-refractivity contribution in [2.45, 2.75) is 26.4 Å². The van der Waals surface area contributed by atoms with Gasteiger partial charge in [-0.1, -0.05) is 6.58 Å². The SMILES string of the molecule is C=C(F)c1ccc(OC(C)(C)C)cc1. The van der Waals surface area contributed by atoms with E-state index in [4.69, 9.17) is 4.74 Å². The summed E-state index contributed by atoms with van der Waals surface area (Å²) in [5.41, 5.74) is 0.264. The van der Waals surface area contributed by atoms with Crippen molar-refractivity contribution in [2.24, 2.45) is 0 Å². The second-order valence-electron chi connectivity index (χ2n) is 4.14. The molecule has 1 nitrogen and oxygen atoms in total. The van der Waals surface area contributed by atoms with E-state index in [9.17, 15) is 4.39 Å². The second-order valence-corrected chi connectivity index (χ2v) is 4.14. The van der Waals surface area contributed by atoms with Gasteiger partial charge in [0.05, 0.1) is 0 Å². The first-order valence-corrected chi connectivity index (χ1v) is 4.52. The minimum absolute atomic E-state index is 0.228. The van der Waals surface area contributed by atoms with Gasteiger partial charge in [-0.3, -0.25) is 0 Å². The van der Waals surface area contributed by atoms with Crippen molar-refractivity contribution in [1.82, 2.24) is 0 Å². The lowest BCUT2D eigenvalue weighted by Crippen LogP contribution is -2.22. The highest BCUT2D eigenvalue weighted by molar-refractivity contribution is 5.57. The van der Waals surface area contributed by atoms with Crippen LogP contribution >= 0.6 is 0 Å².